The smallest absolute Gasteiger partial charge is 0.337 e. The Balaban J connectivity index is 1.94. The minimum atomic E-state index is -0.918. The van der Waals surface area contributed by atoms with E-state index in [1.807, 2.05) is 6.92 Å². The third-order valence-corrected chi connectivity index (χ3v) is 3.55. The zero-order chi connectivity index (χ0) is 13.8. The van der Waals surface area contributed by atoms with E-state index in [4.69, 9.17) is 5.11 Å². The van der Waals surface area contributed by atoms with Gasteiger partial charge in [-0.15, -0.1) is 0 Å². The Morgan fingerprint density at radius 2 is 2.42 bits per heavy atom. The van der Waals surface area contributed by atoms with Crippen molar-refractivity contribution in [3.8, 4) is 0 Å². The van der Waals surface area contributed by atoms with Crippen molar-refractivity contribution in [2.24, 2.45) is 0 Å². The number of hydrogen-bond donors (Lipinski definition) is 2. The summed E-state index contributed by atoms with van der Waals surface area (Å²) in [6, 6.07) is 2.24. The van der Waals surface area contributed by atoms with Gasteiger partial charge in [0.1, 0.15) is 0 Å². The van der Waals surface area contributed by atoms with Crippen molar-refractivity contribution in [3.05, 3.63) is 29.1 Å². The number of aromatic nitrogens is 1. The van der Waals surface area contributed by atoms with Gasteiger partial charge in [0.05, 0.1) is 5.56 Å². The van der Waals surface area contributed by atoms with Crippen molar-refractivity contribution >= 4 is 5.97 Å². The molecule has 1 atom stereocenters. The van der Waals surface area contributed by atoms with Crippen LogP contribution in [0.15, 0.2) is 12.3 Å². The summed E-state index contributed by atoms with van der Waals surface area (Å²) in [7, 11) is 0. The first kappa shape index (κ1) is 14.0. The predicted octanol–water partition coefficient (Wildman–Crippen LogP) is 0.924. The molecular weight excluding hydrogens is 242 g/mol. The molecule has 0 spiro atoms. The average Bonchev–Trinajstić information content (AvgIpc) is 2.37. The van der Waals surface area contributed by atoms with Crippen molar-refractivity contribution in [1.82, 2.24) is 15.2 Å². The summed E-state index contributed by atoms with van der Waals surface area (Å²) >= 11 is 0. The minimum Gasteiger partial charge on any atom is -0.478 e. The monoisotopic (exact) mass is 263 g/mol. The van der Waals surface area contributed by atoms with Crippen LogP contribution in [-0.4, -0.2) is 53.2 Å². The standard InChI is InChI=1S/C14H21N3O2/c1-10-7-12(14(18)19)8-16-13(10)3-5-17-6-4-15-11(2)9-17/h7-8,11,15H,3-6,9H2,1-2H3,(H,18,19)/t11-/m1/s1. The maximum Gasteiger partial charge on any atom is 0.337 e. The Morgan fingerprint density at radius 3 is 3.05 bits per heavy atom. The first-order chi connectivity index (χ1) is 9.06. The molecule has 0 bridgehead atoms. The molecule has 1 aliphatic rings. The summed E-state index contributed by atoms with van der Waals surface area (Å²) in [4.78, 5) is 17.6. The molecule has 1 aliphatic heterocycles. The summed E-state index contributed by atoms with van der Waals surface area (Å²) in [5.74, 6) is -0.918. The second-order valence-corrected chi connectivity index (χ2v) is 5.20. The number of nitrogens with one attached hydrogen (secondary N) is 1. The first-order valence-electron chi connectivity index (χ1n) is 6.71. The molecule has 1 saturated heterocycles. The van der Waals surface area contributed by atoms with E-state index in [2.05, 4.69) is 22.1 Å². The van der Waals surface area contributed by atoms with Crippen LogP contribution in [-0.2, 0) is 6.42 Å². The fraction of sp³-hybridized carbons (Fsp3) is 0.571. The lowest BCUT2D eigenvalue weighted by Gasteiger charge is -2.31. The molecule has 5 nitrogen and oxygen atoms in total. The predicted molar refractivity (Wildman–Crippen MR) is 73.5 cm³/mol. The number of aromatic carboxylic acids is 1. The minimum absolute atomic E-state index is 0.261. The molecule has 19 heavy (non-hydrogen) atoms. The molecule has 0 unspecified atom stereocenters. The Bertz CT molecular complexity index is 462. The molecule has 0 saturated carbocycles. The number of carboxylic acids is 1. The van der Waals surface area contributed by atoms with Gasteiger partial charge in [-0.1, -0.05) is 0 Å². The van der Waals surface area contributed by atoms with Crippen LogP contribution in [0, 0.1) is 6.92 Å². The van der Waals surface area contributed by atoms with Gasteiger partial charge >= 0.3 is 5.97 Å². The van der Waals surface area contributed by atoms with Crippen LogP contribution in [0.1, 0.15) is 28.5 Å². The summed E-state index contributed by atoms with van der Waals surface area (Å²) in [5.41, 5.74) is 2.22. The van der Waals surface area contributed by atoms with Crippen molar-refractivity contribution in [2.75, 3.05) is 26.2 Å². The second-order valence-electron chi connectivity index (χ2n) is 5.20. The highest BCUT2D eigenvalue weighted by molar-refractivity contribution is 5.87. The number of pyridine rings is 1. The molecule has 1 aromatic rings. The van der Waals surface area contributed by atoms with E-state index in [1.54, 1.807) is 6.07 Å². The van der Waals surface area contributed by atoms with E-state index in [0.29, 0.717) is 6.04 Å². The molecule has 0 aromatic carbocycles. The highest BCUT2D eigenvalue weighted by Crippen LogP contribution is 2.10. The number of aryl methyl sites for hydroxylation is 1. The van der Waals surface area contributed by atoms with Gasteiger partial charge in [0.15, 0.2) is 0 Å². The topological polar surface area (TPSA) is 65.5 Å². The summed E-state index contributed by atoms with van der Waals surface area (Å²) < 4.78 is 0. The molecule has 1 fully saturated rings. The molecule has 2 N–H and O–H groups in total. The lowest BCUT2D eigenvalue weighted by molar-refractivity contribution is 0.0696. The summed E-state index contributed by atoms with van der Waals surface area (Å²) in [5, 5.41) is 12.3. The van der Waals surface area contributed by atoms with Crippen LogP contribution in [0.3, 0.4) is 0 Å². The van der Waals surface area contributed by atoms with Crippen molar-refractivity contribution < 1.29 is 9.90 Å². The zero-order valence-corrected chi connectivity index (χ0v) is 11.5. The van der Waals surface area contributed by atoms with Gasteiger partial charge in [0.25, 0.3) is 0 Å². The van der Waals surface area contributed by atoms with E-state index in [-0.39, 0.29) is 5.56 Å². The zero-order valence-electron chi connectivity index (χ0n) is 11.5. The average molecular weight is 263 g/mol. The van der Waals surface area contributed by atoms with E-state index in [0.717, 1.165) is 43.9 Å². The largest absolute Gasteiger partial charge is 0.478 e. The SMILES string of the molecule is Cc1cc(C(=O)O)cnc1CCN1CCN[C@H](C)C1. The van der Waals surface area contributed by atoms with Crippen molar-refractivity contribution in [3.63, 3.8) is 0 Å². The number of rotatable bonds is 4. The number of piperazine rings is 1. The molecule has 2 rings (SSSR count). The van der Waals surface area contributed by atoms with Gasteiger partial charge in [-0.05, 0) is 25.5 Å². The van der Waals surface area contributed by atoms with Crippen LogP contribution in [0.2, 0.25) is 0 Å². The molecule has 2 heterocycles. The maximum absolute atomic E-state index is 10.9. The van der Waals surface area contributed by atoms with Gasteiger partial charge in [0, 0.05) is 50.5 Å². The van der Waals surface area contributed by atoms with Crippen LogP contribution < -0.4 is 5.32 Å². The van der Waals surface area contributed by atoms with Gasteiger partial charge in [-0.2, -0.15) is 0 Å². The van der Waals surface area contributed by atoms with Crippen LogP contribution in [0.4, 0.5) is 0 Å². The van der Waals surface area contributed by atoms with Gasteiger partial charge < -0.3 is 15.3 Å². The normalized spacial score (nSPS) is 20.4. The lowest BCUT2D eigenvalue weighted by Crippen LogP contribution is -2.49. The van der Waals surface area contributed by atoms with E-state index < -0.39 is 5.97 Å². The quantitative estimate of drug-likeness (QED) is 0.846. The molecule has 0 radical (unpaired) electrons. The van der Waals surface area contributed by atoms with Crippen molar-refractivity contribution in [1.29, 1.82) is 0 Å². The van der Waals surface area contributed by atoms with Crippen LogP contribution in [0.25, 0.3) is 0 Å². The third kappa shape index (κ3) is 3.75. The molecule has 0 aliphatic carbocycles. The Labute approximate surface area is 113 Å². The Hall–Kier alpha value is -1.46. The highest BCUT2D eigenvalue weighted by Gasteiger charge is 2.15. The van der Waals surface area contributed by atoms with E-state index in [9.17, 15) is 4.79 Å². The number of carbonyl (C=O) groups is 1. The fourth-order valence-electron chi connectivity index (χ4n) is 2.46. The third-order valence-electron chi connectivity index (χ3n) is 3.55. The van der Waals surface area contributed by atoms with E-state index >= 15 is 0 Å². The van der Waals surface area contributed by atoms with Gasteiger partial charge in [0.2, 0.25) is 0 Å². The number of nitrogens with zero attached hydrogens (tertiary/aromatic N) is 2. The summed E-state index contributed by atoms with van der Waals surface area (Å²) in [6.07, 6.45) is 2.32. The number of carboxylic acid groups (broad SMARTS) is 1. The molecule has 104 valence electrons. The highest BCUT2D eigenvalue weighted by atomic mass is 16.4. The maximum atomic E-state index is 10.9. The molecule has 1 aromatic heterocycles. The van der Waals surface area contributed by atoms with Crippen LogP contribution >= 0.6 is 0 Å². The molecule has 5 heteroatoms. The molecular formula is C14H21N3O2. The second kappa shape index (κ2) is 6.12. The Morgan fingerprint density at radius 1 is 1.63 bits per heavy atom. The fourth-order valence-corrected chi connectivity index (χ4v) is 2.46. The first-order valence-corrected chi connectivity index (χ1v) is 6.71. The Kier molecular flexibility index (Phi) is 4.50. The summed E-state index contributed by atoms with van der Waals surface area (Å²) in [6.45, 7) is 8.26. The van der Waals surface area contributed by atoms with Gasteiger partial charge in [-0.3, -0.25) is 4.98 Å². The number of hydrogen-bond acceptors (Lipinski definition) is 4. The van der Waals surface area contributed by atoms with Gasteiger partial charge in [-0.25, -0.2) is 4.79 Å². The molecule has 0 amide bonds. The van der Waals surface area contributed by atoms with E-state index in [1.165, 1.54) is 6.20 Å². The van der Waals surface area contributed by atoms with Crippen LogP contribution in [0.5, 0.6) is 0 Å². The van der Waals surface area contributed by atoms with Crippen molar-refractivity contribution in [2.45, 2.75) is 26.3 Å². The lowest BCUT2D eigenvalue weighted by atomic mass is 10.1.